The molecular formula is C28H26N2O5. The summed E-state index contributed by atoms with van der Waals surface area (Å²) in [7, 11) is 0. The molecule has 0 spiro atoms. The Morgan fingerprint density at radius 1 is 0.829 bits per heavy atom. The largest absolute Gasteiger partial charge is 0.486 e. The van der Waals surface area contributed by atoms with Crippen LogP contribution in [0.25, 0.3) is 10.8 Å². The topological polar surface area (TPSA) is 64.4 Å². The average molecular weight is 471 g/mol. The number of ether oxygens (including phenoxy) is 3. The fraction of sp³-hybridized carbons (Fsp3) is 0.250. The molecule has 1 aromatic heterocycles. The van der Waals surface area contributed by atoms with E-state index in [1.807, 2.05) is 53.4 Å². The molecule has 3 heterocycles. The van der Waals surface area contributed by atoms with Gasteiger partial charge in [-0.25, -0.2) is 0 Å². The summed E-state index contributed by atoms with van der Waals surface area (Å²) in [4.78, 5) is 17.2. The first-order valence-electron chi connectivity index (χ1n) is 11.8. The Bertz CT molecular complexity index is 1360. The molecule has 35 heavy (non-hydrogen) atoms. The summed E-state index contributed by atoms with van der Waals surface area (Å²) in [5.74, 6) is 3.27. The van der Waals surface area contributed by atoms with E-state index in [1.54, 1.807) is 6.07 Å². The number of benzene rings is 3. The van der Waals surface area contributed by atoms with Crippen LogP contribution >= 0.6 is 0 Å². The van der Waals surface area contributed by atoms with E-state index in [2.05, 4.69) is 23.1 Å². The van der Waals surface area contributed by atoms with Crippen LogP contribution in [0.4, 0.5) is 0 Å². The lowest BCUT2D eigenvalue weighted by Crippen LogP contribution is -2.48. The predicted molar refractivity (Wildman–Crippen MR) is 131 cm³/mol. The molecule has 2 aliphatic rings. The van der Waals surface area contributed by atoms with Crippen LogP contribution in [0.5, 0.6) is 17.2 Å². The molecule has 4 aromatic rings. The van der Waals surface area contributed by atoms with E-state index in [-0.39, 0.29) is 19.3 Å². The van der Waals surface area contributed by atoms with Gasteiger partial charge in [-0.2, -0.15) is 0 Å². The Labute approximate surface area is 203 Å². The zero-order valence-electron chi connectivity index (χ0n) is 19.3. The van der Waals surface area contributed by atoms with Crippen LogP contribution in [-0.4, -0.2) is 48.7 Å². The van der Waals surface area contributed by atoms with Crippen molar-refractivity contribution in [3.63, 3.8) is 0 Å². The van der Waals surface area contributed by atoms with Crippen LogP contribution < -0.4 is 14.2 Å². The zero-order chi connectivity index (χ0) is 23.6. The third-order valence-electron chi connectivity index (χ3n) is 6.48. The Morgan fingerprint density at radius 3 is 2.54 bits per heavy atom. The van der Waals surface area contributed by atoms with Gasteiger partial charge in [0.15, 0.2) is 17.3 Å². The van der Waals surface area contributed by atoms with Crippen molar-refractivity contribution in [1.82, 2.24) is 9.80 Å². The first-order valence-corrected chi connectivity index (χ1v) is 11.8. The summed E-state index contributed by atoms with van der Waals surface area (Å²) in [6, 6.07) is 23.7. The molecule has 1 amide bonds. The van der Waals surface area contributed by atoms with Gasteiger partial charge in [-0.1, -0.05) is 36.4 Å². The summed E-state index contributed by atoms with van der Waals surface area (Å²) in [5, 5.41) is 2.29. The van der Waals surface area contributed by atoms with E-state index in [0.29, 0.717) is 24.6 Å². The number of fused-ring (bicyclic) bond motifs is 2. The standard InChI is InChI=1S/C28H26N2O5/c31-28(30-13-11-29(12-14-30)17-20-5-9-25-27(15-20)34-19-33-25)26-10-8-24(35-26)18-32-23-7-6-21-3-1-2-4-22(21)16-23/h1-10,15-16H,11-14,17-19H2. The molecular weight excluding hydrogens is 444 g/mol. The fourth-order valence-electron chi connectivity index (χ4n) is 4.54. The van der Waals surface area contributed by atoms with Crippen molar-refractivity contribution in [1.29, 1.82) is 0 Å². The van der Waals surface area contributed by atoms with E-state index < -0.39 is 0 Å². The van der Waals surface area contributed by atoms with Crippen LogP contribution in [0.1, 0.15) is 21.9 Å². The van der Waals surface area contributed by atoms with Gasteiger partial charge in [-0.3, -0.25) is 9.69 Å². The maximum Gasteiger partial charge on any atom is 0.289 e. The minimum atomic E-state index is -0.0790. The predicted octanol–water partition coefficient (Wildman–Crippen LogP) is 4.70. The van der Waals surface area contributed by atoms with Crippen molar-refractivity contribution in [2.45, 2.75) is 13.2 Å². The smallest absolute Gasteiger partial charge is 0.289 e. The van der Waals surface area contributed by atoms with E-state index >= 15 is 0 Å². The average Bonchev–Trinajstić information content (AvgIpc) is 3.57. The van der Waals surface area contributed by atoms with Gasteiger partial charge in [0.25, 0.3) is 5.91 Å². The zero-order valence-corrected chi connectivity index (χ0v) is 19.3. The first kappa shape index (κ1) is 21.6. The molecule has 0 N–H and O–H groups in total. The van der Waals surface area contributed by atoms with Crippen LogP contribution in [0.15, 0.2) is 77.2 Å². The summed E-state index contributed by atoms with van der Waals surface area (Å²) >= 11 is 0. The molecule has 0 unspecified atom stereocenters. The molecule has 0 saturated carbocycles. The van der Waals surface area contributed by atoms with Gasteiger partial charge >= 0.3 is 0 Å². The van der Waals surface area contributed by atoms with Crippen molar-refractivity contribution >= 4 is 16.7 Å². The molecule has 1 saturated heterocycles. The lowest BCUT2D eigenvalue weighted by molar-refractivity contribution is 0.0594. The van der Waals surface area contributed by atoms with Gasteiger partial charge in [-0.05, 0) is 52.7 Å². The minimum Gasteiger partial charge on any atom is -0.486 e. The number of carbonyl (C=O) groups excluding carboxylic acids is 1. The molecule has 2 aliphatic heterocycles. The Kier molecular flexibility index (Phi) is 5.76. The fourth-order valence-corrected chi connectivity index (χ4v) is 4.54. The van der Waals surface area contributed by atoms with E-state index in [1.165, 1.54) is 10.9 Å². The van der Waals surface area contributed by atoms with Gasteiger partial charge in [-0.15, -0.1) is 0 Å². The third-order valence-corrected chi connectivity index (χ3v) is 6.48. The number of piperazine rings is 1. The van der Waals surface area contributed by atoms with Crippen molar-refractivity contribution in [3.8, 4) is 17.2 Å². The summed E-state index contributed by atoms with van der Waals surface area (Å²) in [6.07, 6.45) is 0. The molecule has 7 nitrogen and oxygen atoms in total. The lowest BCUT2D eigenvalue weighted by atomic mass is 10.1. The lowest BCUT2D eigenvalue weighted by Gasteiger charge is -2.34. The highest BCUT2D eigenvalue weighted by Gasteiger charge is 2.25. The molecule has 0 bridgehead atoms. The third kappa shape index (κ3) is 4.68. The normalized spacial score (nSPS) is 15.5. The van der Waals surface area contributed by atoms with E-state index in [0.717, 1.165) is 42.3 Å². The first-order chi connectivity index (χ1) is 17.2. The highest BCUT2D eigenvalue weighted by atomic mass is 16.7. The SMILES string of the molecule is O=C(c1ccc(COc2ccc3ccccc3c2)o1)N1CCN(Cc2ccc3c(c2)OCO3)CC1. The van der Waals surface area contributed by atoms with E-state index in [4.69, 9.17) is 18.6 Å². The second kappa shape index (κ2) is 9.35. The van der Waals surface area contributed by atoms with Crippen LogP contribution in [0, 0.1) is 0 Å². The number of hydrogen-bond acceptors (Lipinski definition) is 6. The second-order valence-corrected chi connectivity index (χ2v) is 8.82. The molecule has 7 heteroatoms. The Morgan fingerprint density at radius 2 is 1.66 bits per heavy atom. The summed E-state index contributed by atoms with van der Waals surface area (Å²) in [6.45, 7) is 4.30. The minimum absolute atomic E-state index is 0.0790. The Hall–Kier alpha value is -3.97. The van der Waals surface area contributed by atoms with Crippen LogP contribution in [-0.2, 0) is 13.2 Å². The number of furan rings is 1. The molecule has 0 radical (unpaired) electrons. The summed E-state index contributed by atoms with van der Waals surface area (Å²) < 4.78 is 22.6. The second-order valence-electron chi connectivity index (χ2n) is 8.82. The molecule has 0 aliphatic carbocycles. The summed E-state index contributed by atoms with van der Waals surface area (Å²) in [5.41, 5.74) is 1.18. The monoisotopic (exact) mass is 470 g/mol. The van der Waals surface area contributed by atoms with Crippen LogP contribution in [0.3, 0.4) is 0 Å². The molecule has 0 atom stereocenters. The van der Waals surface area contributed by atoms with Gasteiger partial charge in [0.05, 0.1) is 0 Å². The highest BCUT2D eigenvalue weighted by molar-refractivity contribution is 5.91. The quantitative estimate of drug-likeness (QED) is 0.407. The van der Waals surface area contributed by atoms with Gasteiger partial charge in [0.2, 0.25) is 6.79 Å². The Balaban J connectivity index is 1.01. The van der Waals surface area contributed by atoms with Gasteiger partial charge < -0.3 is 23.5 Å². The van der Waals surface area contributed by atoms with Gasteiger partial charge in [0.1, 0.15) is 18.1 Å². The van der Waals surface area contributed by atoms with Crippen molar-refractivity contribution < 1.29 is 23.4 Å². The molecule has 178 valence electrons. The number of nitrogens with zero attached hydrogens (tertiary/aromatic N) is 2. The number of amides is 1. The highest BCUT2D eigenvalue weighted by Crippen LogP contribution is 2.33. The van der Waals surface area contributed by atoms with Crippen molar-refractivity contribution in [2.24, 2.45) is 0 Å². The molecule has 1 fully saturated rings. The molecule has 3 aromatic carbocycles. The van der Waals surface area contributed by atoms with Crippen molar-refractivity contribution in [3.05, 3.63) is 89.9 Å². The van der Waals surface area contributed by atoms with Crippen LogP contribution in [0.2, 0.25) is 0 Å². The number of hydrogen-bond donors (Lipinski definition) is 0. The number of rotatable bonds is 6. The van der Waals surface area contributed by atoms with E-state index in [9.17, 15) is 4.79 Å². The molecule has 6 rings (SSSR count). The maximum absolute atomic E-state index is 13.0. The van der Waals surface area contributed by atoms with Crippen molar-refractivity contribution in [2.75, 3.05) is 33.0 Å². The maximum atomic E-state index is 13.0. The van der Waals surface area contributed by atoms with Gasteiger partial charge in [0, 0.05) is 32.7 Å². The number of carbonyl (C=O) groups is 1.